The molecule has 1 aromatic rings. The molecule has 1 aliphatic carbocycles. The Morgan fingerprint density at radius 1 is 1.47 bits per heavy atom. The van der Waals surface area contributed by atoms with Gasteiger partial charge in [-0.1, -0.05) is 11.3 Å². The maximum Gasteiger partial charge on any atom is 0.185 e. The number of aldehydes is 1. The van der Waals surface area contributed by atoms with Crippen molar-refractivity contribution < 1.29 is 4.79 Å². The molecule has 2 fully saturated rings. The number of hydrogen-bond donors (Lipinski definition) is 0. The Hall–Kier alpha value is -0.940. The third-order valence-corrected chi connectivity index (χ3v) is 5.20. The lowest BCUT2D eigenvalue weighted by molar-refractivity contribution is 0.112. The third-order valence-electron chi connectivity index (χ3n) is 4.09. The van der Waals surface area contributed by atoms with Crippen molar-refractivity contribution in [2.24, 2.45) is 5.92 Å². The van der Waals surface area contributed by atoms with Crippen molar-refractivity contribution in [1.29, 1.82) is 0 Å². The highest BCUT2D eigenvalue weighted by atomic mass is 32.1. The molecule has 0 radical (unpaired) electrons. The van der Waals surface area contributed by atoms with Crippen LogP contribution < -0.4 is 4.90 Å². The minimum atomic E-state index is 0.552. The number of thiazole rings is 1. The Morgan fingerprint density at radius 2 is 2.26 bits per heavy atom. The molecule has 1 saturated heterocycles. The summed E-state index contributed by atoms with van der Waals surface area (Å²) < 4.78 is 0. The first kappa shape index (κ1) is 13.1. The molecule has 0 aromatic carbocycles. The van der Waals surface area contributed by atoms with E-state index in [1.165, 1.54) is 32.4 Å². The first-order valence-electron chi connectivity index (χ1n) is 7.03. The van der Waals surface area contributed by atoms with Gasteiger partial charge in [-0.05, 0) is 38.8 Å². The van der Waals surface area contributed by atoms with Crippen LogP contribution in [0.4, 0.5) is 5.13 Å². The molecule has 4 nitrogen and oxygen atoms in total. The number of anilines is 1. The molecule has 1 atom stereocenters. The number of carbonyl (C=O) groups excluding carboxylic acids is 1. The summed E-state index contributed by atoms with van der Waals surface area (Å²) in [6, 6.07) is 0. The van der Waals surface area contributed by atoms with Gasteiger partial charge in [0.15, 0.2) is 11.4 Å². The quantitative estimate of drug-likeness (QED) is 0.774. The van der Waals surface area contributed by atoms with Crippen molar-refractivity contribution in [3.8, 4) is 0 Å². The molecule has 0 N–H and O–H groups in total. The smallest absolute Gasteiger partial charge is 0.185 e. The van der Waals surface area contributed by atoms with Gasteiger partial charge in [-0.15, -0.1) is 0 Å². The molecule has 1 aliphatic heterocycles. The Morgan fingerprint density at radius 3 is 2.84 bits per heavy atom. The minimum Gasteiger partial charge on any atom is -0.351 e. The summed E-state index contributed by atoms with van der Waals surface area (Å²) in [5.41, 5.74) is 1.05. The molecular weight excluding hydrogens is 258 g/mol. The van der Waals surface area contributed by atoms with E-state index in [1.807, 2.05) is 0 Å². The average molecular weight is 279 g/mol. The monoisotopic (exact) mass is 279 g/mol. The van der Waals surface area contributed by atoms with Crippen LogP contribution in [0.1, 0.15) is 40.5 Å². The zero-order valence-electron chi connectivity index (χ0n) is 11.6. The van der Waals surface area contributed by atoms with Crippen LogP contribution in [0.5, 0.6) is 0 Å². The van der Waals surface area contributed by atoms with Crippen molar-refractivity contribution in [3.63, 3.8) is 0 Å². The van der Waals surface area contributed by atoms with E-state index in [0.717, 1.165) is 34.5 Å². The van der Waals surface area contributed by atoms with Gasteiger partial charge in [-0.25, -0.2) is 4.98 Å². The molecule has 2 aliphatic rings. The number of nitrogens with zero attached hydrogens (tertiary/aromatic N) is 3. The van der Waals surface area contributed by atoms with Crippen LogP contribution in [0, 0.1) is 5.92 Å². The maximum atomic E-state index is 11.1. The summed E-state index contributed by atoms with van der Waals surface area (Å²) in [6.07, 6.45) is 4.64. The summed E-state index contributed by atoms with van der Waals surface area (Å²) >= 11 is 1.55. The van der Waals surface area contributed by atoms with Crippen LogP contribution in [0.25, 0.3) is 0 Å². The highest BCUT2D eigenvalue weighted by Crippen LogP contribution is 2.43. The van der Waals surface area contributed by atoms with Gasteiger partial charge < -0.3 is 9.80 Å². The van der Waals surface area contributed by atoms with Gasteiger partial charge in [0.2, 0.25) is 0 Å². The van der Waals surface area contributed by atoms with Crippen LogP contribution >= 0.6 is 11.3 Å². The van der Waals surface area contributed by atoms with E-state index < -0.39 is 0 Å². The average Bonchev–Trinajstić information content (AvgIpc) is 3.01. The second-order valence-electron chi connectivity index (χ2n) is 5.94. The predicted molar refractivity (Wildman–Crippen MR) is 78.4 cm³/mol. The minimum absolute atomic E-state index is 0.552. The Bertz CT molecular complexity index is 469. The number of likely N-dealkylation sites (tertiary alicyclic amines) is 1. The van der Waals surface area contributed by atoms with Gasteiger partial charge in [0.25, 0.3) is 0 Å². The molecule has 0 bridgehead atoms. The summed E-state index contributed by atoms with van der Waals surface area (Å²) in [5, 5.41) is 1.01. The molecule has 0 amide bonds. The zero-order chi connectivity index (χ0) is 13.4. The SMILES string of the molecule is CN1CCC(CN(C)c2nc(C3CC3)c(C=O)s2)C1. The number of aromatic nitrogens is 1. The summed E-state index contributed by atoms with van der Waals surface area (Å²) in [4.78, 5) is 21.3. The van der Waals surface area contributed by atoms with Crippen LogP contribution in [-0.2, 0) is 0 Å². The lowest BCUT2D eigenvalue weighted by atomic mass is 10.1. The Kier molecular flexibility index (Phi) is 3.58. The highest BCUT2D eigenvalue weighted by Gasteiger charge is 2.30. The second kappa shape index (κ2) is 5.21. The largest absolute Gasteiger partial charge is 0.351 e. The normalized spacial score (nSPS) is 23.8. The van der Waals surface area contributed by atoms with E-state index in [-0.39, 0.29) is 0 Å². The molecule has 1 aromatic heterocycles. The number of hydrogen-bond acceptors (Lipinski definition) is 5. The topological polar surface area (TPSA) is 36.4 Å². The van der Waals surface area contributed by atoms with Crippen molar-refractivity contribution >= 4 is 22.8 Å². The molecule has 1 saturated carbocycles. The fourth-order valence-corrected chi connectivity index (χ4v) is 3.81. The number of carbonyl (C=O) groups is 1. The standard InChI is InChI=1S/C14H21N3OS/c1-16-6-5-10(7-16)8-17(2)14-15-13(11-3-4-11)12(9-18)19-14/h9-11H,3-8H2,1-2H3. The lowest BCUT2D eigenvalue weighted by Gasteiger charge is -2.20. The van der Waals surface area contributed by atoms with Crippen LogP contribution in [0.15, 0.2) is 0 Å². The van der Waals surface area contributed by atoms with E-state index in [9.17, 15) is 4.79 Å². The molecule has 2 heterocycles. The van der Waals surface area contributed by atoms with E-state index >= 15 is 0 Å². The Balaban J connectivity index is 1.69. The molecule has 1 unspecified atom stereocenters. The van der Waals surface area contributed by atoms with Crippen LogP contribution in [0.2, 0.25) is 0 Å². The van der Waals surface area contributed by atoms with Gasteiger partial charge >= 0.3 is 0 Å². The maximum absolute atomic E-state index is 11.1. The van der Waals surface area contributed by atoms with Gasteiger partial charge in [0, 0.05) is 26.1 Å². The van der Waals surface area contributed by atoms with Crippen LogP contribution in [0.3, 0.4) is 0 Å². The fourth-order valence-electron chi connectivity index (χ4n) is 2.87. The molecule has 19 heavy (non-hydrogen) atoms. The van der Waals surface area contributed by atoms with Gasteiger partial charge in [0.05, 0.1) is 10.6 Å². The van der Waals surface area contributed by atoms with E-state index in [0.29, 0.717) is 5.92 Å². The van der Waals surface area contributed by atoms with Crippen molar-refractivity contribution in [2.75, 3.05) is 38.6 Å². The van der Waals surface area contributed by atoms with Gasteiger partial charge in [-0.2, -0.15) is 0 Å². The predicted octanol–water partition coefficient (Wildman–Crippen LogP) is 2.22. The molecule has 0 spiro atoms. The van der Waals surface area contributed by atoms with Crippen LogP contribution in [-0.4, -0.2) is 49.9 Å². The zero-order valence-corrected chi connectivity index (χ0v) is 12.4. The molecule has 3 rings (SSSR count). The van der Waals surface area contributed by atoms with Crippen molar-refractivity contribution in [3.05, 3.63) is 10.6 Å². The first-order valence-corrected chi connectivity index (χ1v) is 7.84. The third kappa shape index (κ3) is 2.82. The Labute approximate surface area is 118 Å². The van der Waals surface area contributed by atoms with Crippen molar-refractivity contribution in [2.45, 2.75) is 25.2 Å². The molecular formula is C14H21N3OS. The molecule has 104 valence electrons. The van der Waals surface area contributed by atoms with Crippen molar-refractivity contribution in [1.82, 2.24) is 9.88 Å². The van der Waals surface area contributed by atoms with Gasteiger partial charge in [-0.3, -0.25) is 4.79 Å². The number of rotatable bonds is 5. The van der Waals surface area contributed by atoms with E-state index in [1.54, 1.807) is 11.3 Å². The second-order valence-corrected chi connectivity index (χ2v) is 6.94. The van der Waals surface area contributed by atoms with Gasteiger partial charge in [0.1, 0.15) is 0 Å². The first-order chi connectivity index (χ1) is 9.17. The fraction of sp³-hybridized carbons (Fsp3) is 0.714. The summed E-state index contributed by atoms with van der Waals surface area (Å²) in [5.74, 6) is 1.28. The lowest BCUT2D eigenvalue weighted by Crippen LogP contribution is -2.27. The highest BCUT2D eigenvalue weighted by molar-refractivity contribution is 7.17. The molecule has 5 heteroatoms. The summed E-state index contributed by atoms with van der Waals surface area (Å²) in [6.45, 7) is 3.41. The summed E-state index contributed by atoms with van der Waals surface area (Å²) in [7, 11) is 4.28. The van der Waals surface area contributed by atoms with E-state index in [4.69, 9.17) is 4.98 Å². The van der Waals surface area contributed by atoms with E-state index in [2.05, 4.69) is 23.9 Å².